The van der Waals surface area contributed by atoms with E-state index in [1.165, 1.54) is 16.8 Å². The van der Waals surface area contributed by atoms with Crippen molar-refractivity contribution in [2.24, 2.45) is 0 Å². The normalized spacial score (nSPS) is 14.9. The molecule has 8 heteroatoms. The summed E-state index contributed by atoms with van der Waals surface area (Å²) in [7, 11) is 1.69. The van der Waals surface area contributed by atoms with Crippen LogP contribution in [0.15, 0.2) is 42.5 Å². The third kappa shape index (κ3) is 4.18. The minimum absolute atomic E-state index is 0.617. The Morgan fingerprint density at radius 1 is 0.897 bits per heavy atom. The molecule has 4 rings (SSSR count). The van der Waals surface area contributed by atoms with Gasteiger partial charge in [0, 0.05) is 31.9 Å². The van der Waals surface area contributed by atoms with Crippen molar-refractivity contribution in [2.75, 3.05) is 38.2 Å². The van der Waals surface area contributed by atoms with Gasteiger partial charge in [0.1, 0.15) is 5.75 Å². The number of hydrogen-bond donors (Lipinski definition) is 0. The van der Waals surface area contributed by atoms with Crippen LogP contribution in [-0.4, -0.2) is 58.0 Å². The Hall–Kier alpha value is -2.71. The van der Waals surface area contributed by atoms with Crippen LogP contribution in [0.1, 0.15) is 11.1 Å². The third-order valence-electron chi connectivity index (χ3n) is 5.52. The van der Waals surface area contributed by atoms with E-state index in [1.807, 2.05) is 18.2 Å². The Balaban J connectivity index is 1.40. The lowest BCUT2D eigenvalue weighted by Gasteiger charge is -2.35. The Bertz CT molecular complexity index is 1030. The average Bonchev–Trinajstić information content (AvgIpc) is 3.11. The maximum Gasteiger partial charge on any atom is 0.221 e. The summed E-state index contributed by atoms with van der Waals surface area (Å²) in [6.07, 6.45) is 0. The van der Waals surface area contributed by atoms with Gasteiger partial charge in [-0.05, 0) is 84.0 Å². The number of tetrazole rings is 1. The highest BCUT2D eigenvalue weighted by molar-refractivity contribution is 7.71. The summed E-state index contributed by atoms with van der Waals surface area (Å²) in [5, 5.41) is 8.57. The van der Waals surface area contributed by atoms with E-state index in [0.29, 0.717) is 11.4 Å². The first kappa shape index (κ1) is 19.6. The molecular weight excluding hydrogens is 384 g/mol. The molecule has 1 aliphatic rings. The predicted molar refractivity (Wildman–Crippen MR) is 116 cm³/mol. The van der Waals surface area contributed by atoms with E-state index in [1.54, 1.807) is 16.5 Å². The summed E-state index contributed by atoms with van der Waals surface area (Å²) in [5.41, 5.74) is 4.65. The first-order valence-corrected chi connectivity index (χ1v) is 10.2. The van der Waals surface area contributed by atoms with Crippen LogP contribution in [-0.2, 0) is 6.67 Å². The van der Waals surface area contributed by atoms with Crippen LogP contribution < -0.4 is 9.64 Å². The van der Waals surface area contributed by atoms with E-state index >= 15 is 0 Å². The van der Waals surface area contributed by atoms with E-state index in [2.05, 4.69) is 58.3 Å². The van der Waals surface area contributed by atoms with Gasteiger partial charge in [-0.15, -0.1) is 0 Å². The third-order valence-corrected chi connectivity index (χ3v) is 5.90. The lowest BCUT2D eigenvalue weighted by Crippen LogP contribution is -2.47. The van der Waals surface area contributed by atoms with Crippen molar-refractivity contribution >= 4 is 17.9 Å². The Kier molecular flexibility index (Phi) is 5.64. The molecule has 0 N–H and O–H groups in total. The Morgan fingerprint density at radius 3 is 2.24 bits per heavy atom. The fourth-order valence-corrected chi connectivity index (χ4v) is 3.75. The molecule has 0 radical (unpaired) electrons. The average molecular weight is 411 g/mol. The molecule has 1 fully saturated rings. The number of ether oxygens (including phenoxy) is 1. The molecule has 152 valence electrons. The molecule has 0 unspecified atom stereocenters. The second kappa shape index (κ2) is 8.34. The second-order valence-electron chi connectivity index (χ2n) is 7.39. The molecule has 0 atom stereocenters. The van der Waals surface area contributed by atoms with Crippen molar-refractivity contribution in [3.05, 3.63) is 58.4 Å². The molecule has 3 aromatic rings. The molecule has 0 aliphatic carbocycles. The van der Waals surface area contributed by atoms with Crippen LogP contribution in [0.25, 0.3) is 5.69 Å². The van der Waals surface area contributed by atoms with Crippen LogP contribution in [0.2, 0.25) is 0 Å². The number of aromatic nitrogens is 4. The van der Waals surface area contributed by atoms with Gasteiger partial charge in [-0.1, -0.05) is 6.07 Å². The first-order valence-electron chi connectivity index (χ1n) is 9.77. The quantitative estimate of drug-likeness (QED) is 0.602. The van der Waals surface area contributed by atoms with Crippen LogP contribution in [0.4, 0.5) is 5.69 Å². The molecule has 1 aromatic heterocycles. The van der Waals surface area contributed by atoms with Crippen molar-refractivity contribution in [1.29, 1.82) is 0 Å². The van der Waals surface area contributed by atoms with Crippen molar-refractivity contribution in [1.82, 2.24) is 24.7 Å². The van der Waals surface area contributed by atoms with Gasteiger partial charge in [-0.2, -0.15) is 4.68 Å². The highest BCUT2D eigenvalue weighted by atomic mass is 32.1. The van der Waals surface area contributed by atoms with Gasteiger partial charge in [0.05, 0.1) is 19.5 Å². The molecule has 1 aliphatic heterocycles. The predicted octanol–water partition coefficient (Wildman–Crippen LogP) is 3.20. The molecule has 7 nitrogen and oxygen atoms in total. The van der Waals surface area contributed by atoms with Gasteiger partial charge in [-0.25, -0.2) is 4.68 Å². The van der Waals surface area contributed by atoms with Gasteiger partial charge < -0.3 is 9.64 Å². The SMILES string of the molecule is COc1ccc(N2CCN(Cn3nnn(-c4ccc(C)c(C)c4)c3=S)CC2)cc1. The van der Waals surface area contributed by atoms with Crippen molar-refractivity contribution < 1.29 is 4.74 Å². The summed E-state index contributed by atoms with van der Waals surface area (Å²) in [6, 6.07) is 14.4. The molecule has 2 heterocycles. The summed E-state index contributed by atoms with van der Waals surface area (Å²) in [4.78, 5) is 4.75. The van der Waals surface area contributed by atoms with E-state index < -0.39 is 0 Å². The number of anilines is 1. The molecule has 1 saturated heterocycles. The number of benzene rings is 2. The lowest BCUT2D eigenvalue weighted by molar-refractivity contribution is 0.193. The monoisotopic (exact) mass is 410 g/mol. The number of rotatable bonds is 5. The van der Waals surface area contributed by atoms with Crippen LogP contribution in [0, 0.1) is 18.6 Å². The van der Waals surface area contributed by atoms with Crippen molar-refractivity contribution in [3.63, 3.8) is 0 Å². The summed E-state index contributed by atoms with van der Waals surface area (Å²) < 4.78 is 9.39. The standard InChI is InChI=1S/C21H26N6OS/c1-16-4-5-19(14-17(16)2)27-21(29)26(22-23-27)15-24-10-12-25(13-11-24)18-6-8-20(28-3)9-7-18/h4-9,14H,10-13,15H2,1-3H3. The smallest absolute Gasteiger partial charge is 0.221 e. The minimum atomic E-state index is 0.617. The largest absolute Gasteiger partial charge is 0.497 e. The topological polar surface area (TPSA) is 51.4 Å². The maximum absolute atomic E-state index is 5.63. The zero-order valence-electron chi connectivity index (χ0n) is 17.1. The van der Waals surface area contributed by atoms with Gasteiger partial charge in [-0.3, -0.25) is 4.90 Å². The van der Waals surface area contributed by atoms with Gasteiger partial charge in [0.25, 0.3) is 0 Å². The molecule has 29 heavy (non-hydrogen) atoms. The fraction of sp³-hybridized carbons (Fsp3) is 0.381. The fourth-order valence-electron chi connectivity index (χ4n) is 3.51. The molecule has 0 bridgehead atoms. The highest BCUT2D eigenvalue weighted by Gasteiger charge is 2.19. The van der Waals surface area contributed by atoms with Crippen molar-refractivity contribution in [3.8, 4) is 11.4 Å². The lowest BCUT2D eigenvalue weighted by atomic mass is 10.1. The second-order valence-corrected chi connectivity index (χ2v) is 7.75. The van der Waals surface area contributed by atoms with Crippen LogP contribution in [0.5, 0.6) is 5.75 Å². The molecule has 0 amide bonds. The zero-order chi connectivity index (χ0) is 20.4. The molecule has 0 spiro atoms. The van der Waals surface area contributed by atoms with Crippen LogP contribution in [0.3, 0.4) is 0 Å². The van der Waals surface area contributed by atoms with E-state index in [0.717, 1.165) is 37.6 Å². The molecule has 2 aromatic carbocycles. The van der Waals surface area contributed by atoms with Crippen LogP contribution >= 0.6 is 12.2 Å². The van der Waals surface area contributed by atoms with Gasteiger partial charge in [0.15, 0.2) is 0 Å². The number of nitrogens with zero attached hydrogens (tertiary/aromatic N) is 6. The molecule has 0 saturated carbocycles. The Labute approximate surface area is 176 Å². The van der Waals surface area contributed by atoms with E-state index in [9.17, 15) is 0 Å². The molecular formula is C21H26N6OS. The van der Waals surface area contributed by atoms with Gasteiger partial charge >= 0.3 is 0 Å². The number of hydrogen-bond acceptors (Lipinski definition) is 6. The summed E-state index contributed by atoms with van der Waals surface area (Å²) in [6.45, 7) is 8.67. The maximum atomic E-state index is 5.63. The number of aryl methyl sites for hydroxylation is 2. The van der Waals surface area contributed by atoms with Crippen molar-refractivity contribution in [2.45, 2.75) is 20.5 Å². The Morgan fingerprint density at radius 2 is 1.59 bits per heavy atom. The first-order chi connectivity index (χ1) is 14.0. The zero-order valence-corrected chi connectivity index (χ0v) is 17.9. The van der Waals surface area contributed by atoms with E-state index in [-0.39, 0.29) is 0 Å². The summed E-state index contributed by atoms with van der Waals surface area (Å²) in [5.74, 6) is 0.883. The highest BCUT2D eigenvalue weighted by Crippen LogP contribution is 2.20. The number of piperazine rings is 1. The summed E-state index contributed by atoms with van der Waals surface area (Å²) >= 11 is 5.63. The number of methoxy groups -OCH3 is 1. The minimum Gasteiger partial charge on any atom is -0.497 e. The van der Waals surface area contributed by atoms with Gasteiger partial charge in [0.2, 0.25) is 4.77 Å². The van der Waals surface area contributed by atoms with E-state index in [4.69, 9.17) is 17.0 Å².